The fraction of sp³-hybridized carbons (Fsp3) is 0.636. The van der Waals surface area contributed by atoms with Crippen molar-refractivity contribution >= 4 is 11.3 Å². The van der Waals surface area contributed by atoms with Gasteiger partial charge in [-0.15, -0.1) is 0 Å². The van der Waals surface area contributed by atoms with E-state index in [-0.39, 0.29) is 0 Å². The number of thiophene rings is 1. The summed E-state index contributed by atoms with van der Waals surface area (Å²) in [5.41, 5.74) is 1.48. The minimum atomic E-state index is 0.606. The number of rotatable bonds is 5. The first-order valence-electron chi connectivity index (χ1n) is 4.95. The molecule has 0 spiro atoms. The molecule has 0 aliphatic heterocycles. The zero-order chi connectivity index (χ0) is 9.68. The van der Waals surface area contributed by atoms with Crippen LogP contribution in [-0.4, -0.2) is 12.6 Å². The summed E-state index contributed by atoms with van der Waals surface area (Å²) in [6.45, 7) is 7.79. The predicted octanol–water partition coefficient (Wildman–Crippen LogP) is 3.24. The molecule has 0 aliphatic rings. The quantitative estimate of drug-likeness (QED) is 0.764. The molecule has 0 saturated heterocycles. The Morgan fingerprint density at radius 1 is 1.38 bits per heavy atom. The molecule has 0 fully saturated rings. The van der Waals surface area contributed by atoms with E-state index in [4.69, 9.17) is 0 Å². The molecular weight excluding hydrogens is 178 g/mol. The summed E-state index contributed by atoms with van der Waals surface area (Å²) in [6.07, 6.45) is 1.23. The maximum absolute atomic E-state index is 3.44. The Balaban J connectivity index is 2.22. The second-order valence-electron chi connectivity index (χ2n) is 3.86. The minimum Gasteiger partial charge on any atom is -0.315 e. The average molecular weight is 197 g/mol. The molecule has 1 N–H and O–H groups in total. The number of hydrogen-bond acceptors (Lipinski definition) is 2. The highest BCUT2D eigenvalue weighted by molar-refractivity contribution is 7.07. The van der Waals surface area contributed by atoms with E-state index < -0.39 is 0 Å². The Kier molecular flexibility index (Phi) is 4.46. The molecule has 1 atom stereocenters. The molecule has 1 rings (SSSR count). The molecule has 13 heavy (non-hydrogen) atoms. The maximum Gasteiger partial charge on any atom is 0.00103 e. The van der Waals surface area contributed by atoms with Gasteiger partial charge in [0.1, 0.15) is 0 Å². The van der Waals surface area contributed by atoms with Crippen LogP contribution in [0.3, 0.4) is 0 Å². The second-order valence-corrected chi connectivity index (χ2v) is 4.64. The summed E-state index contributed by atoms with van der Waals surface area (Å²) in [5.74, 6) is 0.692. The van der Waals surface area contributed by atoms with Gasteiger partial charge in [-0.25, -0.2) is 0 Å². The van der Waals surface area contributed by atoms with Crippen molar-refractivity contribution in [2.45, 2.75) is 39.2 Å². The van der Waals surface area contributed by atoms with Crippen LogP contribution < -0.4 is 5.32 Å². The molecule has 0 bridgehead atoms. The van der Waals surface area contributed by atoms with Gasteiger partial charge in [0.2, 0.25) is 0 Å². The van der Waals surface area contributed by atoms with Crippen molar-refractivity contribution in [1.82, 2.24) is 5.32 Å². The van der Waals surface area contributed by atoms with E-state index in [1.54, 1.807) is 11.3 Å². The molecule has 74 valence electrons. The third kappa shape index (κ3) is 3.92. The van der Waals surface area contributed by atoms with Crippen LogP contribution in [0.2, 0.25) is 0 Å². The van der Waals surface area contributed by atoms with Crippen molar-refractivity contribution in [3.05, 3.63) is 22.4 Å². The molecule has 0 amide bonds. The molecule has 1 aromatic heterocycles. The Morgan fingerprint density at radius 3 is 2.69 bits per heavy atom. The van der Waals surface area contributed by atoms with E-state index in [2.05, 4.69) is 42.9 Å². The van der Waals surface area contributed by atoms with E-state index >= 15 is 0 Å². The van der Waals surface area contributed by atoms with Crippen LogP contribution in [0.1, 0.15) is 38.7 Å². The highest BCUT2D eigenvalue weighted by Gasteiger charge is 2.05. The van der Waals surface area contributed by atoms with Crippen LogP contribution >= 0.6 is 11.3 Å². The van der Waals surface area contributed by atoms with E-state index in [0.29, 0.717) is 12.0 Å². The standard InChI is InChI=1S/C11H19NS/c1-9(2)12-6-4-10(3)11-5-7-13-8-11/h5,7-10,12H,4,6H2,1-3H3. The first kappa shape index (κ1) is 10.7. The lowest BCUT2D eigenvalue weighted by atomic mass is 10.0. The molecule has 1 nitrogen and oxygen atoms in total. The lowest BCUT2D eigenvalue weighted by Crippen LogP contribution is -2.24. The van der Waals surface area contributed by atoms with Gasteiger partial charge in [-0.05, 0) is 41.3 Å². The smallest absolute Gasteiger partial charge is 0.00103 e. The molecule has 1 unspecified atom stereocenters. The van der Waals surface area contributed by atoms with Gasteiger partial charge in [-0.1, -0.05) is 20.8 Å². The largest absolute Gasteiger partial charge is 0.315 e. The third-order valence-corrected chi connectivity index (χ3v) is 2.94. The molecule has 1 heterocycles. The van der Waals surface area contributed by atoms with Crippen LogP contribution in [0.15, 0.2) is 16.8 Å². The first-order chi connectivity index (χ1) is 6.20. The van der Waals surface area contributed by atoms with Gasteiger partial charge >= 0.3 is 0 Å². The fourth-order valence-corrected chi connectivity index (χ4v) is 2.09. The van der Waals surface area contributed by atoms with Crippen molar-refractivity contribution in [2.75, 3.05) is 6.54 Å². The molecule has 2 heteroatoms. The molecular formula is C11H19NS. The Morgan fingerprint density at radius 2 is 2.15 bits per heavy atom. The van der Waals surface area contributed by atoms with Gasteiger partial charge in [0, 0.05) is 6.04 Å². The zero-order valence-electron chi connectivity index (χ0n) is 8.71. The minimum absolute atomic E-state index is 0.606. The van der Waals surface area contributed by atoms with Gasteiger partial charge in [0.15, 0.2) is 0 Å². The highest BCUT2D eigenvalue weighted by Crippen LogP contribution is 2.20. The summed E-state index contributed by atoms with van der Waals surface area (Å²) < 4.78 is 0. The second kappa shape index (κ2) is 5.40. The van der Waals surface area contributed by atoms with Gasteiger partial charge in [0.05, 0.1) is 0 Å². The predicted molar refractivity (Wildman–Crippen MR) is 60.5 cm³/mol. The summed E-state index contributed by atoms with van der Waals surface area (Å²) in [5, 5.41) is 7.85. The Labute approximate surface area is 85.2 Å². The lowest BCUT2D eigenvalue weighted by Gasteiger charge is -2.12. The fourth-order valence-electron chi connectivity index (χ4n) is 1.31. The van der Waals surface area contributed by atoms with Gasteiger partial charge in [0.25, 0.3) is 0 Å². The monoisotopic (exact) mass is 197 g/mol. The molecule has 0 aromatic carbocycles. The summed E-state index contributed by atoms with van der Waals surface area (Å²) in [4.78, 5) is 0. The van der Waals surface area contributed by atoms with Crippen molar-refractivity contribution in [2.24, 2.45) is 0 Å². The SMILES string of the molecule is CC(C)NCCC(C)c1ccsc1. The van der Waals surface area contributed by atoms with Crippen molar-refractivity contribution in [1.29, 1.82) is 0 Å². The van der Waals surface area contributed by atoms with Crippen molar-refractivity contribution in [3.63, 3.8) is 0 Å². The average Bonchev–Trinajstić information content (AvgIpc) is 2.55. The molecule has 0 saturated carbocycles. The lowest BCUT2D eigenvalue weighted by molar-refractivity contribution is 0.541. The molecule has 1 aromatic rings. The van der Waals surface area contributed by atoms with E-state index in [0.717, 1.165) is 6.54 Å². The molecule has 0 aliphatic carbocycles. The van der Waals surface area contributed by atoms with Crippen LogP contribution in [0.5, 0.6) is 0 Å². The maximum atomic E-state index is 3.44. The third-order valence-electron chi connectivity index (χ3n) is 2.24. The van der Waals surface area contributed by atoms with E-state index in [1.807, 2.05) is 0 Å². The highest BCUT2D eigenvalue weighted by atomic mass is 32.1. The van der Waals surface area contributed by atoms with Crippen molar-refractivity contribution < 1.29 is 0 Å². The number of hydrogen-bond donors (Lipinski definition) is 1. The first-order valence-corrected chi connectivity index (χ1v) is 5.90. The van der Waals surface area contributed by atoms with Crippen LogP contribution in [0.4, 0.5) is 0 Å². The van der Waals surface area contributed by atoms with Crippen LogP contribution in [0.25, 0.3) is 0 Å². The van der Waals surface area contributed by atoms with Gasteiger partial charge in [-0.2, -0.15) is 11.3 Å². The molecule has 0 radical (unpaired) electrons. The van der Waals surface area contributed by atoms with Gasteiger partial charge in [-0.3, -0.25) is 0 Å². The van der Waals surface area contributed by atoms with Crippen LogP contribution in [0, 0.1) is 0 Å². The van der Waals surface area contributed by atoms with Crippen molar-refractivity contribution in [3.8, 4) is 0 Å². The number of nitrogens with one attached hydrogen (secondary N) is 1. The summed E-state index contributed by atoms with van der Waals surface area (Å²) in [7, 11) is 0. The normalized spacial score (nSPS) is 13.5. The summed E-state index contributed by atoms with van der Waals surface area (Å²) in [6, 6.07) is 2.83. The van der Waals surface area contributed by atoms with E-state index in [1.165, 1.54) is 12.0 Å². The summed E-state index contributed by atoms with van der Waals surface area (Å²) >= 11 is 1.79. The van der Waals surface area contributed by atoms with Crippen LogP contribution in [-0.2, 0) is 0 Å². The Bertz CT molecular complexity index is 216. The zero-order valence-corrected chi connectivity index (χ0v) is 9.53. The Hall–Kier alpha value is -0.340. The van der Waals surface area contributed by atoms with E-state index in [9.17, 15) is 0 Å². The van der Waals surface area contributed by atoms with Gasteiger partial charge < -0.3 is 5.32 Å². The topological polar surface area (TPSA) is 12.0 Å².